The number of hydrogen-bond donors (Lipinski definition) is 2. The monoisotopic (exact) mass is 259 g/mol. The van der Waals surface area contributed by atoms with Gasteiger partial charge in [-0.25, -0.2) is 0 Å². The van der Waals surface area contributed by atoms with Crippen LogP contribution in [-0.4, -0.2) is 21.8 Å². The molecule has 0 spiro atoms. The SMILES string of the molecule is NCC1(Cc2nc(-c3cccc(O)c3)no2)CCC1. The molecule has 0 unspecified atom stereocenters. The van der Waals surface area contributed by atoms with Crippen LogP contribution >= 0.6 is 0 Å². The van der Waals surface area contributed by atoms with Crippen LogP contribution < -0.4 is 5.73 Å². The summed E-state index contributed by atoms with van der Waals surface area (Å²) in [4.78, 5) is 4.39. The van der Waals surface area contributed by atoms with Crippen molar-refractivity contribution < 1.29 is 9.63 Å². The number of nitrogens with two attached hydrogens (primary N) is 1. The molecule has 0 saturated heterocycles. The third-order valence-electron chi connectivity index (χ3n) is 3.95. The number of hydrogen-bond acceptors (Lipinski definition) is 5. The lowest BCUT2D eigenvalue weighted by molar-refractivity contribution is 0.129. The Kier molecular flexibility index (Phi) is 2.98. The fourth-order valence-electron chi connectivity index (χ4n) is 2.54. The Morgan fingerprint density at radius 2 is 2.21 bits per heavy atom. The average Bonchev–Trinajstić information content (AvgIpc) is 2.82. The van der Waals surface area contributed by atoms with Crippen LogP contribution in [0.2, 0.25) is 0 Å². The Morgan fingerprint density at radius 3 is 2.84 bits per heavy atom. The maximum Gasteiger partial charge on any atom is 0.227 e. The normalized spacial score (nSPS) is 17.1. The molecule has 1 saturated carbocycles. The fourth-order valence-corrected chi connectivity index (χ4v) is 2.54. The molecule has 19 heavy (non-hydrogen) atoms. The first kappa shape index (κ1) is 12.2. The summed E-state index contributed by atoms with van der Waals surface area (Å²) in [6.45, 7) is 0.664. The van der Waals surface area contributed by atoms with Crippen molar-refractivity contribution in [1.29, 1.82) is 0 Å². The first-order valence-electron chi connectivity index (χ1n) is 6.53. The van der Waals surface area contributed by atoms with Crippen LogP contribution in [0.1, 0.15) is 25.2 Å². The summed E-state index contributed by atoms with van der Waals surface area (Å²) in [5.41, 5.74) is 6.74. The second-order valence-corrected chi connectivity index (χ2v) is 5.30. The van der Waals surface area contributed by atoms with Crippen LogP contribution in [0.15, 0.2) is 28.8 Å². The van der Waals surface area contributed by atoms with E-state index in [0.29, 0.717) is 18.3 Å². The van der Waals surface area contributed by atoms with Crippen molar-refractivity contribution in [2.24, 2.45) is 11.1 Å². The Morgan fingerprint density at radius 1 is 1.37 bits per heavy atom. The molecule has 100 valence electrons. The first-order valence-corrected chi connectivity index (χ1v) is 6.53. The van der Waals surface area contributed by atoms with Crippen LogP contribution in [0.5, 0.6) is 5.75 Å². The molecule has 0 atom stereocenters. The van der Waals surface area contributed by atoms with E-state index in [-0.39, 0.29) is 11.2 Å². The molecule has 3 rings (SSSR count). The van der Waals surface area contributed by atoms with Gasteiger partial charge in [0.15, 0.2) is 0 Å². The highest BCUT2D eigenvalue weighted by Crippen LogP contribution is 2.42. The summed E-state index contributed by atoms with van der Waals surface area (Å²) in [5, 5.41) is 13.4. The zero-order chi connectivity index (χ0) is 13.3. The quantitative estimate of drug-likeness (QED) is 0.878. The molecule has 2 aromatic rings. The first-order chi connectivity index (χ1) is 9.21. The van der Waals surface area contributed by atoms with Gasteiger partial charge in [0.25, 0.3) is 0 Å². The number of phenols is 1. The van der Waals surface area contributed by atoms with Crippen LogP contribution in [-0.2, 0) is 6.42 Å². The predicted octanol–water partition coefficient (Wildman–Crippen LogP) is 2.11. The van der Waals surface area contributed by atoms with Gasteiger partial charge in [0.05, 0.1) is 0 Å². The summed E-state index contributed by atoms with van der Waals surface area (Å²) in [5.74, 6) is 1.34. The molecule has 0 bridgehead atoms. The van der Waals surface area contributed by atoms with Crippen molar-refractivity contribution in [3.05, 3.63) is 30.2 Å². The topological polar surface area (TPSA) is 85.2 Å². The molecule has 1 aliphatic rings. The van der Waals surface area contributed by atoms with Gasteiger partial charge < -0.3 is 15.4 Å². The number of phenolic OH excluding ortho intramolecular Hbond substituents is 1. The van der Waals surface area contributed by atoms with Crippen molar-refractivity contribution >= 4 is 0 Å². The number of aromatic nitrogens is 2. The molecule has 1 aromatic heterocycles. The van der Waals surface area contributed by atoms with Gasteiger partial charge in [-0.3, -0.25) is 0 Å². The lowest BCUT2D eigenvalue weighted by Gasteiger charge is -2.39. The number of rotatable bonds is 4. The van der Waals surface area contributed by atoms with E-state index in [1.165, 1.54) is 6.42 Å². The van der Waals surface area contributed by atoms with E-state index in [4.69, 9.17) is 10.3 Å². The highest BCUT2D eigenvalue weighted by atomic mass is 16.5. The zero-order valence-corrected chi connectivity index (χ0v) is 10.7. The Bertz CT molecular complexity index is 570. The van der Waals surface area contributed by atoms with Gasteiger partial charge in [-0.2, -0.15) is 4.98 Å². The summed E-state index contributed by atoms with van der Waals surface area (Å²) < 4.78 is 5.29. The summed E-state index contributed by atoms with van der Waals surface area (Å²) in [7, 11) is 0. The van der Waals surface area contributed by atoms with E-state index >= 15 is 0 Å². The molecule has 1 heterocycles. The molecule has 1 aliphatic carbocycles. The minimum atomic E-state index is 0.155. The van der Waals surface area contributed by atoms with E-state index in [1.54, 1.807) is 18.2 Å². The standard InChI is InChI=1S/C14H17N3O2/c15-9-14(5-2-6-14)8-12-16-13(17-19-12)10-3-1-4-11(18)7-10/h1,3-4,7,18H,2,5-6,8-9,15H2. The second-order valence-electron chi connectivity index (χ2n) is 5.30. The highest BCUT2D eigenvalue weighted by molar-refractivity contribution is 5.56. The third-order valence-corrected chi connectivity index (χ3v) is 3.95. The predicted molar refractivity (Wildman–Crippen MR) is 70.4 cm³/mol. The van der Waals surface area contributed by atoms with Crippen LogP contribution in [0.25, 0.3) is 11.4 Å². The lowest BCUT2D eigenvalue weighted by atomic mass is 9.67. The molecule has 0 aliphatic heterocycles. The van der Waals surface area contributed by atoms with Crippen molar-refractivity contribution in [2.45, 2.75) is 25.7 Å². The van der Waals surface area contributed by atoms with Crippen molar-refractivity contribution in [3.8, 4) is 17.1 Å². The van der Waals surface area contributed by atoms with E-state index < -0.39 is 0 Å². The molecule has 3 N–H and O–H groups in total. The number of aromatic hydroxyl groups is 1. The molecule has 5 nitrogen and oxygen atoms in total. The maximum absolute atomic E-state index is 9.45. The van der Waals surface area contributed by atoms with Gasteiger partial charge in [-0.05, 0) is 36.9 Å². The van der Waals surface area contributed by atoms with E-state index in [9.17, 15) is 5.11 Å². The minimum Gasteiger partial charge on any atom is -0.508 e. The maximum atomic E-state index is 9.45. The molecular formula is C14H17N3O2. The van der Waals surface area contributed by atoms with Gasteiger partial charge in [0.2, 0.25) is 11.7 Å². The van der Waals surface area contributed by atoms with Crippen molar-refractivity contribution in [1.82, 2.24) is 10.1 Å². The van der Waals surface area contributed by atoms with Gasteiger partial charge in [0.1, 0.15) is 5.75 Å². The van der Waals surface area contributed by atoms with E-state index in [2.05, 4.69) is 10.1 Å². The molecule has 0 amide bonds. The molecule has 1 aromatic carbocycles. The molecule has 0 radical (unpaired) electrons. The second kappa shape index (κ2) is 4.66. The average molecular weight is 259 g/mol. The van der Waals surface area contributed by atoms with Crippen LogP contribution in [0, 0.1) is 5.41 Å². The fraction of sp³-hybridized carbons (Fsp3) is 0.429. The molecule has 1 fully saturated rings. The van der Waals surface area contributed by atoms with Gasteiger partial charge in [-0.1, -0.05) is 23.7 Å². The van der Waals surface area contributed by atoms with E-state index in [0.717, 1.165) is 24.8 Å². The van der Waals surface area contributed by atoms with E-state index in [1.807, 2.05) is 6.07 Å². The van der Waals surface area contributed by atoms with Crippen molar-refractivity contribution in [2.75, 3.05) is 6.54 Å². The Balaban J connectivity index is 1.80. The summed E-state index contributed by atoms with van der Waals surface area (Å²) in [6, 6.07) is 6.84. The Labute approximate surface area is 111 Å². The number of nitrogens with zero attached hydrogens (tertiary/aromatic N) is 2. The molecular weight excluding hydrogens is 242 g/mol. The third kappa shape index (κ3) is 2.33. The van der Waals surface area contributed by atoms with Crippen LogP contribution in [0.4, 0.5) is 0 Å². The smallest absolute Gasteiger partial charge is 0.227 e. The van der Waals surface area contributed by atoms with Crippen molar-refractivity contribution in [3.63, 3.8) is 0 Å². The summed E-state index contributed by atoms with van der Waals surface area (Å²) >= 11 is 0. The van der Waals surface area contributed by atoms with Gasteiger partial charge in [-0.15, -0.1) is 0 Å². The minimum absolute atomic E-state index is 0.155. The van der Waals surface area contributed by atoms with Gasteiger partial charge in [0, 0.05) is 12.0 Å². The molecule has 5 heteroatoms. The van der Waals surface area contributed by atoms with Gasteiger partial charge >= 0.3 is 0 Å². The zero-order valence-electron chi connectivity index (χ0n) is 10.7. The highest BCUT2D eigenvalue weighted by Gasteiger charge is 2.37. The summed E-state index contributed by atoms with van der Waals surface area (Å²) in [6.07, 6.45) is 4.24. The largest absolute Gasteiger partial charge is 0.508 e. The number of benzene rings is 1. The Hall–Kier alpha value is -1.88. The van der Waals surface area contributed by atoms with Crippen LogP contribution in [0.3, 0.4) is 0 Å². The lowest BCUT2D eigenvalue weighted by Crippen LogP contribution is -2.39.